The molecule has 3 heteroatoms. The number of rotatable bonds is 0. The van der Waals surface area contributed by atoms with E-state index in [2.05, 4.69) is 56.5 Å². The fourth-order valence-electron chi connectivity index (χ4n) is 1.97. The standard InChI is InChI=1S/C12H9BrN2/c1-8-3-2-4-9-5-6-11-14-7-10(13)15(11)12(8)9/h2-7H,1H3. The molecular weight excluding hydrogens is 252 g/mol. The first-order valence-electron chi connectivity index (χ1n) is 4.78. The fourth-order valence-corrected chi connectivity index (χ4v) is 2.43. The Morgan fingerprint density at radius 1 is 1.20 bits per heavy atom. The molecule has 2 heterocycles. The molecule has 15 heavy (non-hydrogen) atoms. The van der Waals surface area contributed by atoms with Gasteiger partial charge in [0, 0.05) is 0 Å². The number of nitrogens with zero attached hydrogens (tertiary/aromatic N) is 2. The number of fused-ring (bicyclic) bond motifs is 3. The van der Waals surface area contributed by atoms with Crippen LogP contribution in [-0.4, -0.2) is 9.38 Å². The van der Waals surface area contributed by atoms with Gasteiger partial charge in [-0.1, -0.05) is 18.2 Å². The summed E-state index contributed by atoms with van der Waals surface area (Å²) in [6.45, 7) is 2.12. The molecule has 3 aromatic rings. The lowest BCUT2D eigenvalue weighted by Gasteiger charge is -2.05. The van der Waals surface area contributed by atoms with Gasteiger partial charge in [-0.25, -0.2) is 4.98 Å². The molecule has 0 unspecified atom stereocenters. The lowest BCUT2D eigenvalue weighted by atomic mass is 10.1. The topological polar surface area (TPSA) is 17.3 Å². The van der Waals surface area contributed by atoms with Crippen LogP contribution in [0.25, 0.3) is 16.6 Å². The van der Waals surface area contributed by atoms with E-state index in [1.807, 2.05) is 12.3 Å². The predicted octanol–water partition coefficient (Wildman–Crippen LogP) is 3.56. The highest BCUT2D eigenvalue weighted by Gasteiger charge is 2.05. The first-order chi connectivity index (χ1) is 7.27. The van der Waals surface area contributed by atoms with Crippen LogP contribution in [0.4, 0.5) is 0 Å². The summed E-state index contributed by atoms with van der Waals surface area (Å²) < 4.78 is 3.13. The first-order valence-corrected chi connectivity index (χ1v) is 5.58. The maximum Gasteiger partial charge on any atom is 0.138 e. The van der Waals surface area contributed by atoms with E-state index in [0.717, 1.165) is 10.3 Å². The Hall–Kier alpha value is -1.35. The van der Waals surface area contributed by atoms with Gasteiger partial charge in [0.15, 0.2) is 0 Å². The van der Waals surface area contributed by atoms with Crippen molar-refractivity contribution >= 4 is 32.5 Å². The SMILES string of the molecule is Cc1cccc2ccc3ncc(Br)n3c12. The second kappa shape index (κ2) is 3.07. The number of aryl methyl sites for hydroxylation is 1. The maximum atomic E-state index is 4.33. The molecule has 0 aliphatic heterocycles. The van der Waals surface area contributed by atoms with Gasteiger partial charge in [0.1, 0.15) is 10.3 Å². The van der Waals surface area contributed by atoms with Crippen molar-refractivity contribution in [2.24, 2.45) is 0 Å². The van der Waals surface area contributed by atoms with E-state index in [-0.39, 0.29) is 0 Å². The third-order valence-corrected chi connectivity index (χ3v) is 3.21. The Morgan fingerprint density at radius 2 is 2.07 bits per heavy atom. The van der Waals surface area contributed by atoms with Gasteiger partial charge in [0.25, 0.3) is 0 Å². The molecule has 0 atom stereocenters. The molecular formula is C12H9BrN2. The number of hydrogen-bond acceptors (Lipinski definition) is 1. The van der Waals surface area contributed by atoms with Crippen molar-refractivity contribution < 1.29 is 0 Å². The average molecular weight is 261 g/mol. The van der Waals surface area contributed by atoms with E-state index in [0.29, 0.717) is 0 Å². The summed E-state index contributed by atoms with van der Waals surface area (Å²) >= 11 is 3.52. The highest BCUT2D eigenvalue weighted by molar-refractivity contribution is 9.10. The Labute approximate surface area is 95.7 Å². The van der Waals surface area contributed by atoms with Crippen molar-refractivity contribution in [3.05, 3.63) is 46.7 Å². The molecule has 0 saturated heterocycles. The van der Waals surface area contributed by atoms with Gasteiger partial charge in [0.2, 0.25) is 0 Å². The highest BCUT2D eigenvalue weighted by atomic mass is 79.9. The minimum Gasteiger partial charge on any atom is -0.286 e. The normalized spacial score (nSPS) is 11.3. The lowest BCUT2D eigenvalue weighted by molar-refractivity contribution is 1.20. The largest absolute Gasteiger partial charge is 0.286 e. The second-order valence-electron chi connectivity index (χ2n) is 3.62. The summed E-state index contributed by atoms with van der Waals surface area (Å²) in [6.07, 6.45) is 1.83. The molecule has 0 bridgehead atoms. The van der Waals surface area contributed by atoms with Gasteiger partial charge in [0.05, 0.1) is 11.7 Å². The molecule has 0 saturated carbocycles. The van der Waals surface area contributed by atoms with Gasteiger partial charge >= 0.3 is 0 Å². The minimum absolute atomic E-state index is 0.976. The first kappa shape index (κ1) is 8.92. The van der Waals surface area contributed by atoms with E-state index in [1.165, 1.54) is 16.5 Å². The monoisotopic (exact) mass is 260 g/mol. The number of para-hydroxylation sites is 1. The summed E-state index contributed by atoms with van der Waals surface area (Å²) in [6, 6.07) is 10.5. The molecule has 0 radical (unpaired) electrons. The third kappa shape index (κ3) is 1.20. The molecule has 0 N–H and O–H groups in total. The molecule has 0 aliphatic carbocycles. The number of imidazole rings is 1. The van der Waals surface area contributed by atoms with Crippen LogP contribution in [0.2, 0.25) is 0 Å². The van der Waals surface area contributed by atoms with Gasteiger partial charge in [-0.05, 0) is 45.9 Å². The number of halogens is 1. The van der Waals surface area contributed by atoms with Crippen LogP contribution in [0, 0.1) is 6.92 Å². The Morgan fingerprint density at radius 3 is 2.93 bits per heavy atom. The van der Waals surface area contributed by atoms with Crippen molar-refractivity contribution in [2.45, 2.75) is 6.92 Å². The van der Waals surface area contributed by atoms with Crippen molar-refractivity contribution in [2.75, 3.05) is 0 Å². The van der Waals surface area contributed by atoms with Crippen LogP contribution in [0.15, 0.2) is 41.1 Å². The molecule has 3 rings (SSSR count). The quantitative estimate of drug-likeness (QED) is 0.604. The zero-order valence-electron chi connectivity index (χ0n) is 8.24. The number of pyridine rings is 1. The zero-order chi connectivity index (χ0) is 10.4. The molecule has 0 spiro atoms. The van der Waals surface area contributed by atoms with E-state index in [1.54, 1.807) is 0 Å². The third-order valence-electron chi connectivity index (χ3n) is 2.65. The van der Waals surface area contributed by atoms with E-state index >= 15 is 0 Å². The molecule has 2 nitrogen and oxygen atoms in total. The Kier molecular flexibility index (Phi) is 1.83. The second-order valence-corrected chi connectivity index (χ2v) is 4.43. The van der Waals surface area contributed by atoms with Crippen LogP contribution in [0.5, 0.6) is 0 Å². The van der Waals surface area contributed by atoms with Gasteiger partial charge in [-0.2, -0.15) is 0 Å². The van der Waals surface area contributed by atoms with Gasteiger partial charge in [-0.15, -0.1) is 0 Å². The molecule has 0 fully saturated rings. The Bertz CT molecular complexity index is 655. The number of aromatic nitrogens is 2. The zero-order valence-corrected chi connectivity index (χ0v) is 9.82. The van der Waals surface area contributed by atoms with Crippen molar-refractivity contribution in [3.63, 3.8) is 0 Å². The molecule has 74 valence electrons. The van der Waals surface area contributed by atoms with Crippen molar-refractivity contribution in [3.8, 4) is 0 Å². The predicted molar refractivity (Wildman–Crippen MR) is 65.1 cm³/mol. The summed E-state index contributed by atoms with van der Waals surface area (Å²) in [7, 11) is 0. The Balaban J connectivity index is 2.68. The maximum absolute atomic E-state index is 4.33. The van der Waals surface area contributed by atoms with Crippen LogP contribution in [0.1, 0.15) is 5.56 Å². The minimum atomic E-state index is 0.976. The number of hydrogen-bond donors (Lipinski definition) is 0. The van der Waals surface area contributed by atoms with Crippen LogP contribution >= 0.6 is 15.9 Å². The van der Waals surface area contributed by atoms with Gasteiger partial charge in [-0.3, -0.25) is 4.40 Å². The van der Waals surface area contributed by atoms with Crippen LogP contribution in [0.3, 0.4) is 0 Å². The molecule has 0 amide bonds. The fraction of sp³-hybridized carbons (Fsp3) is 0.0833. The van der Waals surface area contributed by atoms with E-state index in [9.17, 15) is 0 Å². The van der Waals surface area contributed by atoms with Crippen molar-refractivity contribution in [1.29, 1.82) is 0 Å². The summed E-state index contributed by atoms with van der Waals surface area (Å²) in [4.78, 5) is 4.33. The molecule has 0 aliphatic rings. The van der Waals surface area contributed by atoms with Crippen molar-refractivity contribution in [1.82, 2.24) is 9.38 Å². The average Bonchev–Trinajstić information content (AvgIpc) is 2.61. The molecule has 1 aromatic carbocycles. The van der Waals surface area contributed by atoms with Crippen LogP contribution in [-0.2, 0) is 0 Å². The molecule has 2 aromatic heterocycles. The van der Waals surface area contributed by atoms with Gasteiger partial charge < -0.3 is 0 Å². The highest BCUT2D eigenvalue weighted by Crippen LogP contribution is 2.23. The van der Waals surface area contributed by atoms with Crippen LogP contribution < -0.4 is 0 Å². The number of benzene rings is 1. The smallest absolute Gasteiger partial charge is 0.138 e. The van der Waals surface area contributed by atoms with E-state index in [4.69, 9.17) is 0 Å². The lowest BCUT2D eigenvalue weighted by Crippen LogP contribution is -1.90. The summed E-state index contributed by atoms with van der Waals surface area (Å²) in [5.74, 6) is 0. The van der Waals surface area contributed by atoms with E-state index < -0.39 is 0 Å². The summed E-state index contributed by atoms with van der Waals surface area (Å²) in [5.41, 5.74) is 3.46. The summed E-state index contributed by atoms with van der Waals surface area (Å²) in [5, 5.41) is 1.24.